The predicted molar refractivity (Wildman–Crippen MR) is 244 cm³/mol. The van der Waals surface area contributed by atoms with E-state index in [-0.39, 0.29) is 0 Å². The van der Waals surface area contributed by atoms with Crippen LogP contribution < -0.4 is 0 Å². The minimum Gasteiger partial charge on any atom is -0.463 e. The van der Waals surface area contributed by atoms with Gasteiger partial charge in [-0.05, 0) is 38.5 Å². The number of carbonyl (C=O) groups is 2. The van der Waals surface area contributed by atoms with Gasteiger partial charge in [-0.15, -0.1) is 0 Å². The first-order valence-corrected chi connectivity index (χ1v) is 25.7. The van der Waals surface area contributed by atoms with Crippen LogP contribution in [0.5, 0.6) is 0 Å². The zero-order valence-electron chi connectivity index (χ0n) is 40.6. The van der Waals surface area contributed by atoms with Gasteiger partial charge in [0.1, 0.15) is 62.0 Å². The predicted octanol–water partition coefficient (Wildman–Crippen LogP) is 7.42. The smallest absolute Gasteiger partial charge is 0.311 e. The van der Waals surface area contributed by atoms with Gasteiger partial charge in [0.05, 0.1) is 24.0 Å². The molecule has 3 heterocycles. The quantitative estimate of drug-likeness (QED) is 0.0369. The van der Waals surface area contributed by atoms with E-state index in [0.29, 0.717) is 25.7 Å². The Morgan fingerprint density at radius 1 is 0.406 bits per heavy atom. The molecule has 14 heteroatoms. The third-order valence-corrected chi connectivity index (χ3v) is 13.6. The summed E-state index contributed by atoms with van der Waals surface area (Å²) in [4.78, 5) is 27.3. The maximum atomic E-state index is 13.6. The molecule has 64 heavy (non-hydrogen) atoms. The number of ether oxygens (including phenoxy) is 6. The van der Waals surface area contributed by atoms with Gasteiger partial charge in [-0.1, -0.05) is 169 Å². The molecule has 0 aliphatic carbocycles. The highest BCUT2D eigenvalue weighted by atomic mass is 16.7. The molecule has 0 aromatic rings. The number of aliphatic hydroxyl groups is 6. The number of carbonyl (C=O) groups excluding carboxylic acids is 2. The van der Waals surface area contributed by atoms with Crippen LogP contribution in [0.2, 0.25) is 0 Å². The number of hydrogen-bond acceptors (Lipinski definition) is 14. The Bertz CT molecular complexity index is 1140. The van der Waals surface area contributed by atoms with Gasteiger partial charge in [0.15, 0.2) is 12.6 Å². The van der Waals surface area contributed by atoms with E-state index in [0.717, 1.165) is 63.2 Å². The van der Waals surface area contributed by atoms with E-state index in [1.54, 1.807) is 13.8 Å². The molecule has 3 rings (SSSR count). The van der Waals surface area contributed by atoms with Crippen molar-refractivity contribution in [1.82, 2.24) is 0 Å². The summed E-state index contributed by atoms with van der Waals surface area (Å²) >= 11 is 0. The number of rotatable bonds is 26. The first-order valence-electron chi connectivity index (χ1n) is 25.7. The van der Waals surface area contributed by atoms with Gasteiger partial charge < -0.3 is 59.1 Å². The van der Waals surface area contributed by atoms with E-state index in [4.69, 9.17) is 28.4 Å². The van der Waals surface area contributed by atoms with Crippen molar-refractivity contribution in [2.45, 2.75) is 269 Å². The molecule has 3 saturated heterocycles. The summed E-state index contributed by atoms with van der Waals surface area (Å²) in [5, 5.41) is 65.6. The first-order chi connectivity index (χ1) is 30.6. The summed E-state index contributed by atoms with van der Waals surface area (Å²) in [5.41, 5.74) is 0. The zero-order chi connectivity index (χ0) is 47.0. The summed E-state index contributed by atoms with van der Waals surface area (Å²) in [6, 6.07) is 0. The molecule has 0 radical (unpaired) electrons. The Kier molecular flexibility index (Phi) is 28.0. The number of fused-ring (bicyclic) bond motifs is 4. The Hall–Kier alpha value is -1.46. The molecule has 4 bridgehead atoms. The monoisotopic (exact) mass is 917 g/mol. The van der Waals surface area contributed by atoms with Gasteiger partial charge >= 0.3 is 11.9 Å². The molecular formula is C50H92O14. The molecule has 14 nitrogen and oxygen atoms in total. The van der Waals surface area contributed by atoms with Gasteiger partial charge in [0, 0.05) is 0 Å². The molecule has 0 aromatic heterocycles. The molecule has 3 aliphatic heterocycles. The van der Waals surface area contributed by atoms with Gasteiger partial charge in [-0.3, -0.25) is 9.59 Å². The third kappa shape index (κ3) is 20.4. The highest BCUT2D eigenvalue weighted by Gasteiger charge is 2.49. The van der Waals surface area contributed by atoms with Crippen LogP contribution in [0.25, 0.3) is 0 Å². The molecule has 14 unspecified atom stereocenters. The molecule has 0 saturated carbocycles. The first kappa shape index (κ1) is 56.9. The normalized spacial score (nSPS) is 33.5. The van der Waals surface area contributed by atoms with E-state index in [1.165, 1.54) is 77.0 Å². The minimum atomic E-state index is -1.69. The Labute approximate surface area is 385 Å². The molecule has 3 fully saturated rings. The Balaban J connectivity index is 1.65. The van der Waals surface area contributed by atoms with Gasteiger partial charge in [0.25, 0.3) is 0 Å². The van der Waals surface area contributed by atoms with Gasteiger partial charge in [0.2, 0.25) is 0 Å². The van der Waals surface area contributed by atoms with Crippen molar-refractivity contribution in [3.05, 3.63) is 0 Å². The lowest BCUT2D eigenvalue weighted by Gasteiger charge is -2.43. The Morgan fingerprint density at radius 2 is 0.688 bits per heavy atom. The summed E-state index contributed by atoms with van der Waals surface area (Å²) in [5.74, 6) is -1.72. The second-order valence-corrected chi connectivity index (χ2v) is 20.2. The molecule has 0 aromatic carbocycles. The van der Waals surface area contributed by atoms with Crippen molar-refractivity contribution < 1.29 is 68.6 Å². The summed E-state index contributed by atoms with van der Waals surface area (Å²) in [6.07, 6.45) is 8.48. The highest BCUT2D eigenvalue weighted by Crippen LogP contribution is 2.31. The van der Waals surface area contributed by atoms with Gasteiger partial charge in [-0.2, -0.15) is 0 Å². The fourth-order valence-corrected chi connectivity index (χ4v) is 9.07. The molecule has 3 aliphatic rings. The maximum absolute atomic E-state index is 13.6. The zero-order valence-corrected chi connectivity index (χ0v) is 40.6. The summed E-state index contributed by atoms with van der Waals surface area (Å²) in [6.45, 7) is 11.3. The largest absolute Gasteiger partial charge is 0.463 e. The number of unbranched alkanes of at least 4 members (excludes halogenated alkanes) is 18. The van der Waals surface area contributed by atoms with E-state index < -0.39 is 111 Å². The number of aliphatic hydroxyl groups excluding tert-OH is 6. The summed E-state index contributed by atoms with van der Waals surface area (Å²) < 4.78 is 35.7. The fourth-order valence-electron chi connectivity index (χ4n) is 9.07. The molecule has 0 amide bonds. The van der Waals surface area contributed by atoms with Crippen molar-refractivity contribution >= 4 is 11.9 Å². The number of cyclic esters (lactones) is 2. The van der Waals surface area contributed by atoms with Crippen LogP contribution in [0.4, 0.5) is 0 Å². The van der Waals surface area contributed by atoms with E-state index in [9.17, 15) is 40.2 Å². The van der Waals surface area contributed by atoms with Crippen LogP contribution in [0.3, 0.4) is 0 Å². The van der Waals surface area contributed by atoms with Crippen molar-refractivity contribution in [2.24, 2.45) is 23.7 Å². The van der Waals surface area contributed by atoms with E-state index in [2.05, 4.69) is 27.7 Å². The molecule has 14 atom stereocenters. The Morgan fingerprint density at radius 3 is 0.984 bits per heavy atom. The lowest BCUT2D eigenvalue weighted by atomic mass is 9.95. The van der Waals surface area contributed by atoms with Crippen LogP contribution in [0.15, 0.2) is 0 Å². The number of hydrogen-bond donors (Lipinski definition) is 6. The van der Waals surface area contributed by atoms with E-state index in [1.807, 2.05) is 0 Å². The van der Waals surface area contributed by atoms with Crippen LogP contribution in [-0.2, 0) is 38.0 Å². The lowest BCUT2D eigenvalue weighted by Crippen LogP contribution is -2.61. The topological polar surface area (TPSA) is 211 Å². The fraction of sp³-hybridized carbons (Fsp3) is 0.960. The SMILES string of the molecule is CC(C)CCCCCCCCCCCCC1OC2OC(COC(=O)C(C)C(CCCCCCCCCCCCC(C)C)OC3OC(COC(=O)C1C)C(O)C(O)C3O)C(O)C(O)C2O. The second-order valence-electron chi connectivity index (χ2n) is 20.2. The van der Waals surface area contributed by atoms with Crippen molar-refractivity contribution in [3.63, 3.8) is 0 Å². The van der Waals surface area contributed by atoms with E-state index >= 15 is 0 Å². The molecule has 6 N–H and O–H groups in total. The van der Waals surface area contributed by atoms with Gasteiger partial charge in [-0.25, -0.2) is 0 Å². The average Bonchev–Trinajstić information content (AvgIpc) is 3.26. The van der Waals surface area contributed by atoms with Crippen LogP contribution in [-0.4, -0.2) is 129 Å². The van der Waals surface area contributed by atoms with Crippen molar-refractivity contribution in [2.75, 3.05) is 13.2 Å². The average molecular weight is 917 g/mol. The standard InChI is InChI=1S/C50H92O14/c1-33(2)27-23-19-15-11-7-9-13-17-21-25-29-37-35(5)47(57)59-31-40-42(52)44(54)46(56)50(64-40)62-38(30-26-22-18-14-10-8-12-16-20-24-28-34(3)4)36(6)48(58)60-32-39-41(51)43(53)45(55)49(61-37)63-39/h33-46,49-56H,7-32H2,1-6H3. The second kappa shape index (κ2) is 31.6. The summed E-state index contributed by atoms with van der Waals surface area (Å²) in [7, 11) is 0. The highest BCUT2D eigenvalue weighted by molar-refractivity contribution is 5.73. The molecule has 376 valence electrons. The molecule has 0 spiro atoms. The van der Waals surface area contributed by atoms with Crippen LogP contribution in [0.1, 0.15) is 196 Å². The van der Waals surface area contributed by atoms with Crippen molar-refractivity contribution in [3.8, 4) is 0 Å². The molecular weight excluding hydrogens is 825 g/mol. The van der Waals surface area contributed by atoms with Crippen LogP contribution in [0, 0.1) is 23.7 Å². The minimum absolute atomic E-state index is 0.387. The number of esters is 2. The van der Waals surface area contributed by atoms with Crippen molar-refractivity contribution in [1.29, 1.82) is 0 Å². The van der Waals surface area contributed by atoms with Crippen LogP contribution >= 0.6 is 0 Å². The maximum Gasteiger partial charge on any atom is 0.311 e. The third-order valence-electron chi connectivity index (χ3n) is 13.6. The lowest BCUT2D eigenvalue weighted by molar-refractivity contribution is -0.320.